The predicted octanol–water partition coefficient (Wildman–Crippen LogP) is 1.78. The van der Waals surface area contributed by atoms with E-state index in [0.717, 1.165) is 65.1 Å². The Balaban J connectivity index is 1.65. The molecule has 1 amide bonds. The van der Waals surface area contributed by atoms with Gasteiger partial charge in [-0.15, -0.1) is 6.58 Å². The first-order valence-electron chi connectivity index (χ1n) is 9.46. The number of ether oxygens (including phenoxy) is 2. The van der Waals surface area contributed by atoms with Crippen molar-refractivity contribution >= 4 is 5.91 Å². The fourth-order valence-electron chi connectivity index (χ4n) is 4.77. The quantitative estimate of drug-likeness (QED) is 0.567. The van der Waals surface area contributed by atoms with Crippen molar-refractivity contribution in [1.29, 1.82) is 0 Å². The van der Waals surface area contributed by atoms with Gasteiger partial charge in [0.15, 0.2) is 0 Å². The molecule has 0 saturated carbocycles. The van der Waals surface area contributed by atoms with Crippen LogP contribution in [0.3, 0.4) is 0 Å². The van der Waals surface area contributed by atoms with E-state index in [1.165, 1.54) is 0 Å². The van der Waals surface area contributed by atoms with E-state index in [9.17, 15) is 4.79 Å². The Morgan fingerprint density at radius 1 is 1.25 bits per heavy atom. The van der Waals surface area contributed by atoms with Crippen LogP contribution in [0.15, 0.2) is 12.7 Å². The van der Waals surface area contributed by atoms with Crippen molar-refractivity contribution in [1.82, 2.24) is 9.80 Å². The molecular weight excluding hydrogens is 304 g/mol. The Morgan fingerprint density at radius 3 is 2.75 bits per heavy atom. The molecule has 5 nitrogen and oxygen atoms in total. The molecule has 0 spiro atoms. The molecule has 3 atom stereocenters. The molecule has 0 N–H and O–H groups in total. The Morgan fingerprint density at radius 2 is 2.00 bits per heavy atom. The van der Waals surface area contributed by atoms with Crippen molar-refractivity contribution in [2.45, 2.75) is 31.7 Å². The van der Waals surface area contributed by atoms with Gasteiger partial charge in [0.05, 0.1) is 13.2 Å². The van der Waals surface area contributed by atoms with Crippen LogP contribution < -0.4 is 0 Å². The molecular formula is C19H32N2O3. The highest BCUT2D eigenvalue weighted by atomic mass is 16.5. The summed E-state index contributed by atoms with van der Waals surface area (Å²) < 4.78 is 11.3. The highest BCUT2D eigenvalue weighted by molar-refractivity contribution is 5.79. The molecule has 3 heterocycles. The molecule has 0 unspecified atom stereocenters. The number of likely N-dealkylation sites (tertiary alicyclic amines) is 2. The fourth-order valence-corrected chi connectivity index (χ4v) is 4.77. The number of hydrogen-bond acceptors (Lipinski definition) is 4. The molecule has 0 aromatic rings. The maximum atomic E-state index is 12.7. The second kappa shape index (κ2) is 8.45. The average molecular weight is 336 g/mol. The number of carbonyl (C=O) groups excluding carboxylic acids is 1. The lowest BCUT2D eigenvalue weighted by Gasteiger charge is -2.41. The zero-order valence-corrected chi connectivity index (χ0v) is 15.0. The molecule has 3 aliphatic heterocycles. The van der Waals surface area contributed by atoms with Crippen molar-refractivity contribution in [3.63, 3.8) is 0 Å². The van der Waals surface area contributed by atoms with E-state index in [-0.39, 0.29) is 5.92 Å². The van der Waals surface area contributed by atoms with Gasteiger partial charge in [0.2, 0.25) is 5.91 Å². The monoisotopic (exact) mass is 336 g/mol. The van der Waals surface area contributed by atoms with Gasteiger partial charge in [-0.25, -0.2) is 0 Å². The van der Waals surface area contributed by atoms with Gasteiger partial charge < -0.3 is 19.3 Å². The van der Waals surface area contributed by atoms with E-state index in [0.29, 0.717) is 30.4 Å². The number of nitrogens with zero attached hydrogens (tertiary/aromatic N) is 2. The molecule has 136 valence electrons. The fraction of sp³-hybridized carbons (Fsp3) is 0.842. The van der Waals surface area contributed by atoms with E-state index in [1.807, 2.05) is 11.9 Å². The van der Waals surface area contributed by atoms with Crippen LogP contribution >= 0.6 is 0 Å². The van der Waals surface area contributed by atoms with Crippen molar-refractivity contribution < 1.29 is 14.3 Å². The Labute approximate surface area is 146 Å². The lowest BCUT2D eigenvalue weighted by atomic mass is 9.75. The van der Waals surface area contributed by atoms with Crippen molar-refractivity contribution in [2.24, 2.45) is 17.8 Å². The number of hydrogen-bond donors (Lipinski definition) is 0. The zero-order valence-electron chi connectivity index (χ0n) is 15.0. The Hall–Kier alpha value is -0.910. The van der Waals surface area contributed by atoms with E-state index >= 15 is 0 Å². The minimum atomic E-state index is 0.172. The van der Waals surface area contributed by atoms with Crippen LogP contribution in [0.4, 0.5) is 0 Å². The first kappa shape index (κ1) is 17.9. The second-order valence-corrected chi connectivity index (χ2v) is 7.53. The van der Waals surface area contributed by atoms with Crippen LogP contribution in [0.2, 0.25) is 0 Å². The summed E-state index contributed by atoms with van der Waals surface area (Å²) in [4.78, 5) is 17.2. The highest BCUT2D eigenvalue weighted by Crippen LogP contribution is 2.37. The maximum Gasteiger partial charge on any atom is 0.225 e. The molecule has 0 aliphatic carbocycles. The zero-order chi connectivity index (χ0) is 16.9. The van der Waals surface area contributed by atoms with Crippen molar-refractivity contribution in [3.8, 4) is 0 Å². The van der Waals surface area contributed by atoms with Crippen LogP contribution in [0.1, 0.15) is 25.7 Å². The molecule has 0 radical (unpaired) electrons. The van der Waals surface area contributed by atoms with Crippen molar-refractivity contribution in [2.75, 3.05) is 53.1 Å². The summed E-state index contributed by atoms with van der Waals surface area (Å²) in [6.45, 7) is 9.81. The van der Waals surface area contributed by atoms with Crippen LogP contribution in [0.25, 0.3) is 0 Å². The smallest absolute Gasteiger partial charge is 0.225 e. The van der Waals surface area contributed by atoms with Crippen LogP contribution in [-0.4, -0.2) is 74.9 Å². The topological polar surface area (TPSA) is 42.0 Å². The van der Waals surface area contributed by atoms with Gasteiger partial charge in [0.25, 0.3) is 0 Å². The molecule has 3 aliphatic rings. The van der Waals surface area contributed by atoms with Gasteiger partial charge in [-0.1, -0.05) is 6.08 Å². The largest absolute Gasteiger partial charge is 0.381 e. The molecule has 3 rings (SSSR count). The Kier molecular flexibility index (Phi) is 6.31. The van der Waals surface area contributed by atoms with Crippen LogP contribution in [-0.2, 0) is 14.3 Å². The maximum absolute atomic E-state index is 12.7. The van der Waals surface area contributed by atoms with Gasteiger partial charge in [-0.3, -0.25) is 4.79 Å². The number of amides is 1. The summed E-state index contributed by atoms with van der Waals surface area (Å²) >= 11 is 0. The van der Waals surface area contributed by atoms with E-state index < -0.39 is 0 Å². The molecule has 24 heavy (non-hydrogen) atoms. The number of fused-ring (bicyclic) bond motifs is 1. The third-order valence-corrected chi connectivity index (χ3v) is 6.08. The molecule has 3 fully saturated rings. The first-order valence-corrected chi connectivity index (χ1v) is 9.46. The normalized spacial score (nSPS) is 33.1. The molecule has 5 heteroatoms. The lowest BCUT2D eigenvalue weighted by Crippen LogP contribution is -2.50. The summed E-state index contributed by atoms with van der Waals surface area (Å²) in [5, 5.41) is 0. The second-order valence-electron chi connectivity index (χ2n) is 7.53. The molecule has 0 aromatic heterocycles. The number of rotatable bonds is 5. The van der Waals surface area contributed by atoms with Gasteiger partial charge in [-0.05, 0) is 44.7 Å². The van der Waals surface area contributed by atoms with Crippen LogP contribution in [0, 0.1) is 17.8 Å². The van der Waals surface area contributed by atoms with Crippen molar-refractivity contribution in [3.05, 3.63) is 12.7 Å². The molecule has 0 bridgehead atoms. The summed E-state index contributed by atoms with van der Waals surface area (Å²) in [5.74, 6) is 1.43. The molecule has 3 saturated heterocycles. The van der Waals surface area contributed by atoms with Gasteiger partial charge in [-0.2, -0.15) is 0 Å². The van der Waals surface area contributed by atoms with Gasteiger partial charge in [0, 0.05) is 44.7 Å². The SMILES string of the molecule is C=CCOC[C@@H]1CN(C)C(=O)[C@@H]2CCN(C3CCOCC3)CC[C@H]12. The summed E-state index contributed by atoms with van der Waals surface area (Å²) in [6.07, 6.45) is 6.17. The molecule has 0 aromatic carbocycles. The van der Waals surface area contributed by atoms with E-state index in [1.54, 1.807) is 6.08 Å². The Bertz CT molecular complexity index is 436. The van der Waals surface area contributed by atoms with E-state index in [4.69, 9.17) is 9.47 Å². The number of carbonyl (C=O) groups is 1. The minimum absolute atomic E-state index is 0.172. The number of piperidine rings is 1. The average Bonchev–Trinajstić information content (AvgIpc) is 2.83. The minimum Gasteiger partial charge on any atom is -0.381 e. The summed E-state index contributed by atoms with van der Waals surface area (Å²) in [6, 6.07) is 0.641. The van der Waals surface area contributed by atoms with Crippen LogP contribution in [0.5, 0.6) is 0 Å². The lowest BCUT2D eigenvalue weighted by molar-refractivity contribution is -0.144. The standard InChI is InChI=1S/C19H32N2O3/c1-3-10-24-14-15-13-20(2)19(22)18-5-9-21(8-4-17(15)18)16-6-11-23-12-7-16/h3,15-18H,1,4-14H2,2H3/t15-,17+,18+/m0/s1. The predicted molar refractivity (Wildman–Crippen MR) is 93.8 cm³/mol. The van der Waals surface area contributed by atoms with E-state index in [2.05, 4.69) is 11.5 Å². The summed E-state index contributed by atoms with van der Waals surface area (Å²) in [5.41, 5.74) is 0. The summed E-state index contributed by atoms with van der Waals surface area (Å²) in [7, 11) is 1.94. The third kappa shape index (κ3) is 4.01. The first-order chi connectivity index (χ1) is 11.7. The van der Waals surface area contributed by atoms with Gasteiger partial charge in [0.1, 0.15) is 0 Å². The van der Waals surface area contributed by atoms with Gasteiger partial charge >= 0.3 is 0 Å². The highest BCUT2D eigenvalue weighted by Gasteiger charge is 2.43. The third-order valence-electron chi connectivity index (χ3n) is 6.08.